The van der Waals surface area contributed by atoms with E-state index >= 15 is 0 Å². The highest BCUT2D eigenvalue weighted by atomic mass is 127. The predicted octanol–water partition coefficient (Wildman–Crippen LogP) is 3.23. The molecule has 0 aliphatic carbocycles. The second-order valence-electron chi connectivity index (χ2n) is 2.31. The van der Waals surface area contributed by atoms with E-state index in [0.717, 1.165) is 6.07 Å². The maximum Gasteiger partial charge on any atom is 0.283 e. The largest absolute Gasteiger partial charge is 0.283 e. The Balaban J connectivity index is 3.46. The summed E-state index contributed by atoms with van der Waals surface area (Å²) in [4.78, 5) is 20.7. The minimum Gasteiger partial charge on any atom is -0.275 e. The van der Waals surface area contributed by atoms with Crippen molar-refractivity contribution in [2.75, 3.05) is 0 Å². The highest BCUT2D eigenvalue weighted by molar-refractivity contribution is 14.1. The number of carbonyl (C=O) groups excluding carboxylic acids is 1. The molecule has 0 bridgehead atoms. The van der Waals surface area contributed by atoms with Crippen LogP contribution in [-0.4, -0.2) is 10.2 Å². The van der Waals surface area contributed by atoms with Gasteiger partial charge in [0, 0.05) is 9.64 Å². The monoisotopic (exact) mass is 345 g/mol. The first-order chi connectivity index (χ1) is 6.43. The molecule has 14 heavy (non-hydrogen) atoms. The lowest BCUT2D eigenvalue weighted by atomic mass is 10.2. The number of carbonyl (C=O) groups is 1. The molecule has 0 atom stereocenters. The summed E-state index contributed by atoms with van der Waals surface area (Å²) >= 11 is 12.7. The lowest BCUT2D eigenvalue weighted by Crippen LogP contribution is -1.99. The highest BCUT2D eigenvalue weighted by Crippen LogP contribution is 2.29. The van der Waals surface area contributed by atoms with Crippen LogP contribution in [-0.2, 0) is 0 Å². The van der Waals surface area contributed by atoms with Gasteiger partial charge in [-0.05, 0) is 40.3 Å². The minimum absolute atomic E-state index is 0.148. The molecule has 0 saturated carbocycles. The van der Waals surface area contributed by atoms with Crippen LogP contribution in [0.25, 0.3) is 0 Å². The highest BCUT2D eigenvalue weighted by Gasteiger charge is 2.20. The number of nitro groups is 1. The molecule has 0 unspecified atom stereocenters. The molecule has 0 aliphatic rings. The third kappa shape index (κ3) is 2.34. The van der Waals surface area contributed by atoms with Gasteiger partial charge in [0.25, 0.3) is 10.9 Å². The zero-order valence-corrected chi connectivity index (χ0v) is 10.1. The van der Waals surface area contributed by atoms with E-state index in [1.807, 2.05) is 22.6 Å². The smallest absolute Gasteiger partial charge is 0.275 e. The van der Waals surface area contributed by atoms with Gasteiger partial charge in [-0.25, -0.2) is 0 Å². The molecular weight excluding hydrogens is 344 g/mol. The molecule has 0 aliphatic heterocycles. The van der Waals surface area contributed by atoms with E-state index < -0.39 is 10.2 Å². The molecule has 0 spiro atoms. The maximum atomic E-state index is 10.8. The number of hydrogen-bond donors (Lipinski definition) is 0. The second kappa shape index (κ2) is 4.41. The number of halogens is 3. The van der Waals surface area contributed by atoms with Crippen molar-refractivity contribution in [2.24, 2.45) is 0 Å². The Kier molecular flexibility index (Phi) is 3.68. The molecule has 1 rings (SSSR count). The fourth-order valence-corrected chi connectivity index (χ4v) is 1.62. The van der Waals surface area contributed by atoms with E-state index in [2.05, 4.69) is 0 Å². The van der Waals surface area contributed by atoms with Crippen LogP contribution >= 0.6 is 45.8 Å². The van der Waals surface area contributed by atoms with Gasteiger partial charge in [-0.3, -0.25) is 14.9 Å². The summed E-state index contributed by atoms with van der Waals surface area (Å²) < 4.78 is 0.541. The zero-order valence-electron chi connectivity index (χ0n) is 6.46. The maximum absolute atomic E-state index is 10.8. The van der Waals surface area contributed by atoms with Crippen LogP contribution in [0, 0.1) is 13.7 Å². The molecule has 0 radical (unpaired) electrons. The first-order valence-corrected chi connectivity index (χ1v) is 5.10. The Hall–Kier alpha value is -0.400. The van der Waals surface area contributed by atoms with Gasteiger partial charge >= 0.3 is 0 Å². The molecule has 4 nitrogen and oxygen atoms in total. The van der Waals surface area contributed by atoms with E-state index in [1.165, 1.54) is 6.07 Å². The normalized spacial score (nSPS) is 9.93. The molecule has 0 heterocycles. The van der Waals surface area contributed by atoms with Crippen LogP contribution < -0.4 is 0 Å². The standard InChI is InChI=1S/C7H2Cl2INO3/c8-4-2-6(11(13)14)3(7(9)12)1-5(4)10/h1-2H. The molecule has 0 aromatic heterocycles. The molecular formula is C7H2Cl2INO3. The molecule has 7 heteroatoms. The molecule has 1 aromatic carbocycles. The summed E-state index contributed by atoms with van der Waals surface area (Å²) in [6, 6.07) is 2.40. The van der Waals surface area contributed by atoms with Crippen LogP contribution in [0.5, 0.6) is 0 Å². The summed E-state index contributed by atoms with van der Waals surface area (Å²) in [5.74, 6) is 0. The summed E-state index contributed by atoms with van der Waals surface area (Å²) in [5, 5.41) is 9.88. The minimum atomic E-state index is -0.869. The van der Waals surface area contributed by atoms with E-state index in [4.69, 9.17) is 23.2 Å². The molecule has 0 amide bonds. The van der Waals surface area contributed by atoms with Gasteiger partial charge in [-0.1, -0.05) is 11.6 Å². The van der Waals surface area contributed by atoms with Gasteiger partial charge in [-0.2, -0.15) is 0 Å². The topological polar surface area (TPSA) is 60.2 Å². The first-order valence-electron chi connectivity index (χ1n) is 3.26. The van der Waals surface area contributed by atoms with E-state index in [1.54, 1.807) is 0 Å². The Labute approximate surface area is 102 Å². The molecule has 0 N–H and O–H groups in total. The van der Waals surface area contributed by atoms with Crippen molar-refractivity contribution in [3.8, 4) is 0 Å². The summed E-state index contributed by atoms with van der Waals surface area (Å²) in [6.45, 7) is 0. The average Bonchev–Trinajstić information content (AvgIpc) is 2.08. The fourth-order valence-electron chi connectivity index (χ4n) is 0.845. The Bertz CT molecular complexity index is 383. The van der Waals surface area contributed by atoms with Crippen molar-refractivity contribution in [1.82, 2.24) is 0 Å². The second-order valence-corrected chi connectivity index (χ2v) is 4.23. The van der Waals surface area contributed by atoms with Crippen molar-refractivity contribution < 1.29 is 9.72 Å². The quantitative estimate of drug-likeness (QED) is 0.358. The van der Waals surface area contributed by atoms with Gasteiger partial charge in [0.2, 0.25) is 0 Å². The number of nitrogens with zero attached hydrogens (tertiary/aromatic N) is 1. The molecule has 74 valence electrons. The van der Waals surface area contributed by atoms with Crippen LogP contribution in [0.4, 0.5) is 5.69 Å². The lowest BCUT2D eigenvalue weighted by Gasteiger charge is -2.00. The molecule has 0 saturated heterocycles. The van der Waals surface area contributed by atoms with Gasteiger partial charge in [-0.15, -0.1) is 0 Å². The fraction of sp³-hybridized carbons (Fsp3) is 0. The third-order valence-corrected chi connectivity index (χ3v) is 3.17. The van der Waals surface area contributed by atoms with Crippen molar-refractivity contribution in [3.05, 3.63) is 36.4 Å². The Morgan fingerprint density at radius 2 is 2.07 bits per heavy atom. The molecule has 1 aromatic rings. The van der Waals surface area contributed by atoms with Gasteiger partial charge in [0.15, 0.2) is 0 Å². The van der Waals surface area contributed by atoms with Gasteiger partial charge < -0.3 is 0 Å². The van der Waals surface area contributed by atoms with Crippen molar-refractivity contribution in [3.63, 3.8) is 0 Å². The van der Waals surface area contributed by atoms with Gasteiger partial charge in [0.1, 0.15) is 5.56 Å². The Morgan fingerprint density at radius 3 is 2.50 bits per heavy atom. The third-order valence-electron chi connectivity index (χ3n) is 1.45. The predicted molar refractivity (Wildman–Crippen MR) is 61.0 cm³/mol. The zero-order chi connectivity index (χ0) is 10.9. The number of rotatable bonds is 2. The SMILES string of the molecule is O=C(Cl)c1cc(I)c(Cl)cc1[N+](=O)[O-]. The summed E-state index contributed by atoms with van der Waals surface area (Å²) in [7, 11) is 0. The number of nitro benzene ring substituents is 1. The van der Waals surface area contributed by atoms with E-state index in [0.29, 0.717) is 3.57 Å². The Morgan fingerprint density at radius 1 is 1.50 bits per heavy atom. The number of hydrogen-bond acceptors (Lipinski definition) is 3. The van der Waals surface area contributed by atoms with Crippen molar-refractivity contribution in [1.29, 1.82) is 0 Å². The van der Waals surface area contributed by atoms with Crippen molar-refractivity contribution in [2.45, 2.75) is 0 Å². The van der Waals surface area contributed by atoms with E-state index in [-0.39, 0.29) is 16.3 Å². The van der Waals surface area contributed by atoms with Crippen LogP contribution in [0.15, 0.2) is 12.1 Å². The summed E-state index contributed by atoms with van der Waals surface area (Å²) in [5.41, 5.74) is -0.527. The first kappa shape index (κ1) is 11.7. The van der Waals surface area contributed by atoms with Gasteiger partial charge in [0.05, 0.1) is 9.95 Å². The molecule has 0 fully saturated rings. The van der Waals surface area contributed by atoms with Crippen LogP contribution in [0.2, 0.25) is 5.02 Å². The number of benzene rings is 1. The van der Waals surface area contributed by atoms with Crippen molar-refractivity contribution >= 4 is 56.7 Å². The van der Waals surface area contributed by atoms with Crippen LogP contribution in [0.1, 0.15) is 10.4 Å². The summed E-state index contributed by atoms with van der Waals surface area (Å²) in [6.07, 6.45) is 0. The lowest BCUT2D eigenvalue weighted by molar-refractivity contribution is -0.385. The average molecular weight is 346 g/mol. The van der Waals surface area contributed by atoms with E-state index in [9.17, 15) is 14.9 Å². The van der Waals surface area contributed by atoms with Crippen LogP contribution in [0.3, 0.4) is 0 Å².